The molecule has 1 atom stereocenters. The van der Waals surface area contributed by atoms with Crippen molar-refractivity contribution in [2.24, 2.45) is 5.73 Å². The molecule has 112 valence electrons. The second-order valence-electron chi connectivity index (χ2n) is 4.74. The molecular weight excluding hydrogens is 266 g/mol. The van der Waals surface area contributed by atoms with Gasteiger partial charge in [-0.15, -0.1) is 0 Å². The second-order valence-corrected chi connectivity index (χ2v) is 4.74. The number of nitrogens with two attached hydrogens (primary N) is 1. The number of para-hydroxylation sites is 1. The van der Waals surface area contributed by atoms with Crippen LogP contribution in [0.3, 0.4) is 0 Å². The third kappa shape index (κ3) is 3.47. The number of ether oxygens (including phenoxy) is 3. The van der Waals surface area contributed by atoms with Crippen LogP contribution >= 0.6 is 0 Å². The van der Waals surface area contributed by atoms with E-state index in [1.807, 2.05) is 49.4 Å². The van der Waals surface area contributed by atoms with Crippen molar-refractivity contribution in [1.29, 1.82) is 0 Å². The first-order valence-electron chi connectivity index (χ1n) is 6.84. The highest BCUT2D eigenvalue weighted by Crippen LogP contribution is 2.34. The summed E-state index contributed by atoms with van der Waals surface area (Å²) in [5.41, 5.74) is 7.91. The van der Waals surface area contributed by atoms with Crippen LogP contribution < -0.4 is 19.9 Å². The molecule has 0 amide bonds. The van der Waals surface area contributed by atoms with Crippen LogP contribution in [-0.4, -0.2) is 20.8 Å². The monoisotopic (exact) mass is 287 g/mol. The van der Waals surface area contributed by atoms with E-state index in [9.17, 15) is 0 Å². The topological polar surface area (TPSA) is 53.7 Å². The molecule has 0 heterocycles. The Balaban J connectivity index is 2.31. The first-order valence-corrected chi connectivity index (χ1v) is 6.84. The quantitative estimate of drug-likeness (QED) is 0.887. The van der Waals surface area contributed by atoms with Gasteiger partial charge in [-0.05, 0) is 30.7 Å². The molecule has 4 nitrogen and oxygen atoms in total. The van der Waals surface area contributed by atoms with Gasteiger partial charge < -0.3 is 19.9 Å². The van der Waals surface area contributed by atoms with Crippen LogP contribution in [0.5, 0.6) is 17.2 Å². The third-order valence-corrected chi connectivity index (χ3v) is 3.29. The molecule has 0 saturated carbocycles. The van der Waals surface area contributed by atoms with Crippen molar-refractivity contribution in [1.82, 2.24) is 0 Å². The minimum absolute atomic E-state index is 0.294. The summed E-state index contributed by atoms with van der Waals surface area (Å²) >= 11 is 0. The molecule has 1 unspecified atom stereocenters. The lowest BCUT2D eigenvalue weighted by Crippen LogP contribution is -2.19. The summed E-state index contributed by atoms with van der Waals surface area (Å²) in [6, 6.07) is 13.5. The molecule has 0 aromatic heterocycles. The van der Waals surface area contributed by atoms with Crippen LogP contribution in [0.15, 0.2) is 42.5 Å². The zero-order valence-electron chi connectivity index (χ0n) is 12.6. The minimum Gasteiger partial charge on any atom is -0.496 e. The van der Waals surface area contributed by atoms with Gasteiger partial charge in [0.1, 0.15) is 11.9 Å². The van der Waals surface area contributed by atoms with Crippen molar-refractivity contribution in [3.63, 3.8) is 0 Å². The number of benzene rings is 2. The van der Waals surface area contributed by atoms with Crippen LogP contribution in [0.25, 0.3) is 0 Å². The molecule has 0 radical (unpaired) electrons. The first kappa shape index (κ1) is 15.2. The fourth-order valence-electron chi connectivity index (χ4n) is 2.20. The largest absolute Gasteiger partial charge is 0.496 e. The maximum absolute atomic E-state index is 6.04. The Morgan fingerprint density at radius 3 is 2.33 bits per heavy atom. The highest BCUT2D eigenvalue weighted by molar-refractivity contribution is 5.44. The molecule has 0 spiro atoms. The summed E-state index contributed by atoms with van der Waals surface area (Å²) in [5, 5.41) is 0. The normalized spacial score (nSPS) is 11.8. The van der Waals surface area contributed by atoms with Crippen molar-refractivity contribution >= 4 is 0 Å². The lowest BCUT2D eigenvalue weighted by atomic mass is 10.1. The standard InChI is InChI=1S/C17H21NO3/c1-12-8-9-15(16(10-12)20-3)21-17(11-18)13-6-4-5-7-14(13)19-2/h4-10,17H,11,18H2,1-3H3. The second kappa shape index (κ2) is 6.99. The Morgan fingerprint density at radius 1 is 0.952 bits per heavy atom. The van der Waals surface area contributed by atoms with Crippen LogP contribution in [0.4, 0.5) is 0 Å². The molecule has 0 fully saturated rings. The van der Waals surface area contributed by atoms with E-state index in [0.29, 0.717) is 18.0 Å². The maximum Gasteiger partial charge on any atom is 0.162 e. The van der Waals surface area contributed by atoms with Crippen molar-refractivity contribution < 1.29 is 14.2 Å². The van der Waals surface area contributed by atoms with Crippen LogP contribution in [-0.2, 0) is 0 Å². The molecule has 0 aliphatic carbocycles. The number of rotatable bonds is 6. The fourth-order valence-corrected chi connectivity index (χ4v) is 2.20. The summed E-state index contributed by atoms with van der Waals surface area (Å²) in [4.78, 5) is 0. The zero-order valence-corrected chi connectivity index (χ0v) is 12.6. The SMILES string of the molecule is COc1cc(C)ccc1OC(CN)c1ccccc1OC. The predicted octanol–water partition coefficient (Wildman–Crippen LogP) is 3.09. The molecule has 2 rings (SSSR count). The van der Waals surface area contributed by atoms with Gasteiger partial charge in [-0.25, -0.2) is 0 Å². The Morgan fingerprint density at radius 2 is 1.67 bits per heavy atom. The van der Waals surface area contributed by atoms with Gasteiger partial charge in [0.2, 0.25) is 0 Å². The maximum atomic E-state index is 6.04. The molecule has 2 aromatic carbocycles. The highest BCUT2D eigenvalue weighted by atomic mass is 16.5. The Labute approximate surface area is 125 Å². The van der Waals surface area contributed by atoms with E-state index in [2.05, 4.69) is 0 Å². The van der Waals surface area contributed by atoms with E-state index in [0.717, 1.165) is 16.9 Å². The highest BCUT2D eigenvalue weighted by Gasteiger charge is 2.18. The molecule has 0 bridgehead atoms. The Hall–Kier alpha value is -2.20. The van der Waals surface area contributed by atoms with Crippen molar-refractivity contribution in [3.05, 3.63) is 53.6 Å². The summed E-state index contributed by atoms with van der Waals surface area (Å²) in [6.45, 7) is 2.35. The first-order chi connectivity index (χ1) is 10.2. The average molecular weight is 287 g/mol. The molecule has 21 heavy (non-hydrogen) atoms. The molecule has 2 N–H and O–H groups in total. The van der Waals surface area contributed by atoms with E-state index < -0.39 is 0 Å². The van der Waals surface area contributed by atoms with Gasteiger partial charge in [0, 0.05) is 12.1 Å². The minimum atomic E-state index is -0.294. The summed E-state index contributed by atoms with van der Waals surface area (Å²) < 4.78 is 16.8. The van der Waals surface area contributed by atoms with Crippen molar-refractivity contribution in [3.8, 4) is 17.2 Å². The third-order valence-electron chi connectivity index (χ3n) is 3.29. The van der Waals surface area contributed by atoms with E-state index in [1.165, 1.54) is 0 Å². The lowest BCUT2D eigenvalue weighted by Gasteiger charge is -2.21. The summed E-state index contributed by atoms with van der Waals surface area (Å²) in [6.07, 6.45) is -0.294. The number of aryl methyl sites for hydroxylation is 1. The summed E-state index contributed by atoms with van der Waals surface area (Å²) in [5.74, 6) is 2.13. The number of methoxy groups -OCH3 is 2. The zero-order chi connectivity index (χ0) is 15.2. The van der Waals surface area contributed by atoms with Crippen LogP contribution in [0.2, 0.25) is 0 Å². The molecule has 0 saturated heterocycles. The summed E-state index contributed by atoms with van der Waals surface area (Å²) in [7, 11) is 3.26. The van der Waals surface area contributed by atoms with E-state index in [4.69, 9.17) is 19.9 Å². The average Bonchev–Trinajstić information content (AvgIpc) is 2.53. The van der Waals surface area contributed by atoms with Crippen molar-refractivity contribution in [2.45, 2.75) is 13.0 Å². The van der Waals surface area contributed by atoms with Crippen LogP contribution in [0, 0.1) is 6.92 Å². The smallest absolute Gasteiger partial charge is 0.162 e. The Bertz CT molecular complexity index is 598. The van der Waals surface area contributed by atoms with Gasteiger partial charge >= 0.3 is 0 Å². The van der Waals surface area contributed by atoms with E-state index >= 15 is 0 Å². The number of hydrogen-bond donors (Lipinski definition) is 1. The number of hydrogen-bond acceptors (Lipinski definition) is 4. The molecule has 0 aliphatic rings. The lowest BCUT2D eigenvalue weighted by molar-refractivity contribution is 0.200. The van der Waals surface area contributed by atoms with Gasteiger partial charge in [-0.3, -0.25) is 0 Å². The van der Waals surface area contributed by atoms with Gasteiger partial charge in [0.05, 0.1) is 14.2 Å². The van der Waals surface area contributed by atoms with Gasteiger partial charge in [0.15, 0.2) is 11.5 Å². The molecule has 0 aliphatic heterocycles. The van der Waals surface area contributed by atoms with Gasteiger partial charge in [0.25, 0.3) is 0 Å². The van der Waals surface area contributed by atoms with Gasteiger partial charge in [-0.2, -0.15) is 0 Å². The molecule has 2 aromatic rings. The molecule has 4 heteroatoms. The van der Waals surface area contributed by atoms with Crippen molar-refractivity contribution in [2.75, 3.05) is 20.8 Å². The van der Waals surface area contributed by atoms with Crippen LogP contribution in [0.1, 0.15) is 17.2 Å². The molecular formula is C17H21NO3. The van der Waals surface area contributed by atoms with E-state index in [-0.39, 0.29) is 6.10 Å². The van der Waals surface area contributed by atoms with Gasteiger partial charge in [-0.1, -0.05) is 24.3 Å². The van der Waals surface area contributed by atoms with E-state index in [1.54, 1.807) is 14.2 Å². The Kier molecular flexibility index (Phi) is 5.06. The predicted molar refractivity (Wildman–Crippen MR) is 83.1 cm³/mol. The fraction of sp³-hybridized carbons (Fsp3) is 0.294.